The summed E-state index contributed by atoms with van der Waals surface area (Å²) in [7, 11) is 0. The number of rotatable bonds is 3. The van der Waals surface area contributed by atoms with Crippen LogP contribution in [0.2, 0.25) is 0 Å². The average molecular weight is 190 g/mol. The van der Waals surface area contributed by atoms with Crippen molar-refractivity contribution in [1.29, 1.82) is 0 Å². The molecule has 0 atom stereocenters. The van der Waals surface area contributed by atoms with Gasteiger partial charge in [0.05, 0.1) is 0 Å². The normalized spacial score (nSPS) is 17.5. The third kappa shape index (κ3) is 1.48. The predicted molar refractivity (Wildman–Crippen MR) is 54.3 cm³/mol. The first-order valence-corrected chi connectivity index (χ1v) is 4.93. The van der Waals surface area contributed by atoms with Crippen molar-refractivity contribution < 1.29 is 9.47 Å². The number of ether oxygens (including phenoxy) is 2. The van der Waals surface area contributed by atoms with Gasteiger partial charge in [-0.15, -0.1) is 0 Å². The fraction of sp³-hybridized carbons (Fsp3) is 0.333. The maximum absolute atomic E-state index is 5.56. The lowest BCUT2D eigenvalue weighted by Gasteiger charge is -2.27. The van der Waals surface area contributed by atoms with Gasteiger partial charge in [0.25, 0.3) is 5.79 Å². The topological polar surface area (TPSA) is 18.5 Å². The van der Waals surface area contributed by atoms with E-state index in [9.17, 15) is 0 Å². The Hall–Kier alpha value is -1.44. The summed E-state index contributed by atoms with van der Waals surface area (Å²) in [4.78, 5) is 0. The van der Waals surface area contributed by atoms with Crippen LogP contribution in [0.1, 0.15) is 25.3 Å². The van der Waals surface area contributed by atoms with E-state index in [2.05, 4.69) is 6.92 Å². The standard InChI is InChI=1S/C12H14O2/c1-2-8-12(13-9-10-14-12)11-6-4-3-5-7-11/h3-7,9-10H,2,8H2,1H3. The third-order valence-corrected chi connectivity index (χ3v) is 2.37. The van der Waals surface area contributed by atoms with Crippen molar-refractivity contribution >= 4 is 0 Å². The van der Waals surface area contributed by atoms with Crippen LogP contribution in [-0.4, -0.2) is 0 Å². The van der Waals surface area contributed by atoms with Crippen molar-refractivity contribution in [1.82, 2.24) is 0 Å². The largest absolute Gasteiger partial charge is 0.453 e. The molecular weight excluding hydrogens is 176 g/mol. The molecule has 1 aromatic carbocycles. The highest BCUT2D eigenvalue weighted by atomic mass is 16.7. The van der Waals surface area contributed by atoms with Crippen LogP contribution in [0.4, 0.5) is 0 Å². The van der Waals surface area contributed by atoms with E-state index >= 15 is 0 Å². The van der Waals surface area contributed by atoms with Crippen molar-refractivity contribution in [3.05, 3.63) is 48.4 Å². The van der Waals surface area contributed by atoms with Crippen molar-refractivity contribution in [3.63, 3.8) is 0 Å². The van der Waals surface area contributed by atoms with Gasteiger partial charge in [-0.3, -0.25) is 0 Å². The lowest BCUT2D eigenvalue weighted by molar-refractivity contribution is -0.155. The monoisotopic (exact) mass is 190 g/mol. The molecule has 74 valence electrons. The lowest BCUT2D eigenvalue weighted by Crippen LogP contribution is -2.26. The van der Waals surface area contributed by atoms with E-state index in [-0.39, 0.29) is 0 Å². The van der Waals surface area contributed by atoms with E-state index in [0.717, 1.165) is 18.4 Å². The molecule has 0 aromatic heterocycles. The highest BCUT2D eigenvalue weighted by Crippen LogP contribution is 2.36. The molecule has 0 unspecified atom stereocenters. The molecule has 0 spiro atoms. The number of hydrogen-bond acceptors (Lipinski definition) is 2. The summed E-state index contributed by atoms with van der Waals surface area (Å²) in [5.74, 6) is -0.573. The molecule has 0 N–H and O–H groups in total. The van der Waals surface area contributed by atoms with Gasteiger partial charge in [-0.05, 0) is 6.42 Å². The van der Waals surface area contributed by atoms with E-state index in [4.69, 9.17) is 9.47 Å². The Morgan fingerprint density at radius 3 is 2.29 bits per heavy atom. The summed E-state index contributed by atoms with van der Waals surface area (Å²) in [5.41, 5.74) is 1.08. The second-order valence-corrected chi connectivity index (χ2v) is 3.38. The molecule has 1 heterocycles. The molecule has 2 heteroatoms. The highest BCUT2D eigenvalue weighted by Gasteiger charge is 2.36. The average Bonchev–Trinajstić information content (AvgIpc) is 2.70. The Labute approximate surface area is 84.2 Å². The van der Waals surface area contributed by atoms with Gasteiger partial charge < -0.3 is 9.47 Å². The molecule has 1 aliphatic rings. The van der Waals surface area contributed by atoms with Gasteiger partial charge in [-0.25, -0.2) is 0 Å². The van der Waals surface area contributed by atoms with E-state index < -0.39 is 5.79 Å². The summed E-state index contributed by atoms with van der Waals surface area (Å²) in [6.07, 6.45) is 5.12. The van der Waals surface area contributed by atoms with Crippen molar-refractivity contribution in [3.8, 4) is 0 Å². The quantitative estimate of drug-likeness (QED) is 0.728. The maximum atomic E-state index is 5.56. The second kappa shape index (κ2) is 3.74. The zero-order valence-electron chi connectivity index (χ0n) is 8.27. The molecule has 2 nitrogen and oxygen atoms in total. The van der Waals surface area contributed by atoms with E-state index in [1.807, 2.05) is 30.3 Å². The van der Waals surface area contributed by atoms with Gasteiger partial charge >= 0.3 is 0 Å². The number of hydrogen-bond donors (Lipinski definition) is 0. The van der Waals surface area contributed by atoms with E-state index in [1.165, 1.54) is 0 Å². The van der Waals surface area contributed by atoms with Gasteiger partial charge in [0.15, 0.2) is 0 Å². The Morgan fingerprint density at radius 1 is 1.07 bits per heavy atom. The molecule has 0 radical (unpaired) electrons. The summed E-state index contributed by atoms with van der Waals surface area (Å²) in [5, 5.41) is 0. The summed E-state index contributed by atoms with van der Waals surface area (Å²) >= 11 is 0. The minimum atomic E-state index is -0.573. The molecule has 14 heavy (non-hydrogen) atoms. The van der Waals surface area contributed by atoms with Gasteiger partial charge in [-0.1, -0.05) is 37.3 Å². The lowest BCUT2D eigenvalue weighted by atomic mass is 10.0. The first kappa shape index (κ1) is 9.13. The fourth-order valence-corrected chi connectivity index (χ4v) is 1.72. The molecule has 2 rings (SSSR count). The third-order valence-electron chi connectivity index (χ3n) is 2.37. The Kier molecular flexibility index (Phi) is 2.44. The minimum absolute atomic E-state index is 0.573. The van der Waals surface area contributed by atoms with Gasteiger partial charge in [0.1, 0.15) is 12.5 Å². The summed E-state index contributed by atoms with van der Waals surface area (Å²) < 4.78 is 11.1. The zero-order chi connectivity index (χ0) is 9.86. The van der Waals surface area contributed by atoms with Crippen molar-refractivity contribution in [2.45, 2.75) is 25.6 Å². The van der Waals surface area contributed by atoms with Crippen LogP contribution < -0.4 is 0 Å². The first-order valence-electron chi connectivity index (χ1n) is 4.93. The molecule has 1 aromatic rings. The van der Waals surface area contributed by atoms with Crippen LogP contribution in [0.25, 0.3) is 0 Å². The molecule has 0 saturated carbocycles. The van der Waals surface area contributed by atoms with Gasteiger partial charge in [-0.2, -0.15) is 0 Å². The molecule has 1 aliphatic heterocycles. The molecular formula is C12H14O2. The molecule has 0 bridgehead atoms. The van der Waals surface area contributed by atoms with Gasteiger partial charge in [0.2, 0.25) is 0 Å². The maximum Gasteiger partial charge on any atom is 0.276 e. The molecule has 0 fully saturated rings. The summed E-state index contributed by atoms with van der Waals surface area (Å²) in [6.45, 7) is 2.12. The Balaban J connectivity index is 2.28. The Morgan fingerprint density at radius 2 is 1.71 bits per heavy atom. The molecule has 0 amide bonds. The highest BCUT2D eigenvalue weighted by molar-refractivity contribution is 5.21. The zero-order valence-corrected chi connectivity index (χ0v) is 8.27. The van der Waals surface area contributed by atoms with Crippen LogP contribution >= 0.6 is 0 Å². The van der Waals surface area contributed by atoms with Crippen molar-refractivity contribution in [2.75, 3.05) is 0 Å². The smallest absolute Gasteiger partial charge is 0.276 e. The SMILES string of the molecule is CCCC1(c2ccccc2)OC=CO1. The first-order chi connectivity index (χ1) is 6.87. The molecule has 0 aliphatic carbocycles. The van der Waals surface area contributed by atoms with Crippen LogP contribution in [0.5, 0.6) is 0 Å². The van der Waals surface area contributed by atoms with Crippen LogP contribution in [0.15, 0.2) is 42.9 Å². The Bertz CT molecular complexity index is 308. The molecule has 0 saturated heterocycles. The van der Waals surface area contributed by atoms with E-state index in [1.54, 1.807) is 12.5 Å². The van der Waals surface area contributed by atoms with E-state index in [0.29, 0.717) is 0 Å². The van der Waals surface area contributed by atoms with Crippen molar-refractivity contribution in [2.24, 2.45) is 0 Å². The second-order valence-electron chi connectivity index (χ2n) is 3.38. The van der Waals surface area contributed by atoms with Crippen LogP contribution in [-0.2, 0) is 15.3 Å². The predicted octanol–water partition coefficient (Wildman–Crippen LogP) is 3.16. The summed E-state index contributed by atoms with van der Waals surface area (Å²) in [6, 6.07) is 10.0. The number of benzene rings is 1. The van der Waals surface area contributed by atoms with Gasteiger partial charge in [0, 0.05) is 12.0 Å². The van der Waals surface area contributed by atoms with Crippen LogP contribution in [0, 0.1) is 0 Å². The minimum Gasteiger partial charge on any atom is -0.453 e. The fourth-order valence-electron chi connectivity index (χ4n) is 1.72. The van der Waals surface area contributed by atoms with Crippen LogP contribution in [0.3, 0.4) is 0 Å².